The van der Waals surface area contributed by atoms with Gasteiger partial charge in [-0.15, -0.1) is 0 Å². The minimum Gasteiger partial charge on any atom is -0.351 e. The Morgan fingerprint density at radius 3 is 2.52 bits per heavy atom. The lowest BCUT2D eigenvalue weighted by molar-refractivity contribution is 0.233. The number of rotatable bonds is 3. The highest BCUT2D eigenvalue weighted by molar-refractivity contribution is 7.91. The summed E-state index contributed by atoms with van der Waals surface area (Å²) in [5, 5.41) is 17.5. The first-order chi connectivity index (χ1) is 10.9. The summed E-state index contributed by atoms with van der Waals surface area (Å²) in [6.07, 6.45) is 0. The second-order valence-electron chi connectivity index (χ2n) is 4.82. The van der Waals surface area contributed by atoms with Gasteiger partial charge in [-0.25, -0.2) is 8.42 Å². The van der Waals surface area contributed by atoms with Crippen LogP contribution in [0.15, 0.2) is 58.3 Å². The molecule has 0 saturated carbocycles. The third-order valence-corrected chi connectivity index (χ3v) is 5.49. The number of amidine groups is 1. The molecule has 3 aromatic rings. The fourth-order valence-corrected chi connectivity index (χ4v) is 4.17. The number of hydrogen-bond acceptors (Lipinski definition) is 4. The Morgan fingerprint density at radius 2 is 1.87 bits per heavy atom. The zero-order valence-corrected chi connectivity index (χ0v) is 13.2. The number of sulfone groups is 1. The smallest absolute Gasteiger partial charge is 0.209 e. The molecule has 118 valence electrons. The average Bonchev–Trinajstić information content (AvgIpc) is 2.94. The average molecular weight is 350 g/mol. The minimum atomic E-state index is -3.91. The molecule has 0 spiro atoms. The van der Waals surface area contributed by atoms with Crippen molar-refractivity contribution in [2.24, 2.45) is 0 Å². The Balaban J connectivity index is 2.39. The van der Waals surface area contributed by atoms with Crippen molar-refractivity contribution in [1.82, 2.24) is 10.5 Å². The van der Waals surface area contributed by atoms with E-state index in [0.717, 1.165) is 0 Å². The zero-order chi connectivity index (χ0) is 16.6. The van der Waals surface area contributed by atoms with Crippen LogP contribution in [0.3, 0.4) is 0 Å². The second-order valence-corrected chi connectivity index (χ2v) is 7.15. The predicted octanol–water partition coefficient (Wildman–Crippen LogP) is 2.96. The summed E-state index contributed by atoms with van der Waals surface area (Å²) in [5.74, 6) is -0.452. The van der Waals surface area contributed by atoms with E-state index in [9.17, 15) is 8.42 Å². The molecule has 0 aliphatic rings. The van der Waals surface area contributed by atoms with Gasteiger partial charge < -0.3 is 4.98 Å². The summed E-state index contributed by atoms with van der Waals surface area (Å²) >= 11 is 5.98. The number of H-pyrrole nitrogens is 1. The van der Waals surface area contributed by atoms with Gasteiger partial charge in [-0.05, 0) is 30.3 Å². The first-order valence-corrected chi connectivity index (χ1v) is 8.41. The van der Waals surface area contributed by atoms with Gasteiger partial charge in [0.1, 0.15) is 10.6 Å². The van der Waals surface area contributed by atoms with Crippen LogP contribution < -0.4 is 5.48 Å². The molecule has 0 aliphatic heterocycles. The Hall–Kier alpha value is -2.35. The molecular weight excluding hydrogens is 338 g/mol. The number of aromatic nitrogens is 1. The number of nitrogens with one attached hydrogen (secondary N) is 3. The van der Waals surface area contributed by atoms with E-state index in [4.69, 9.17) is 22.2 Å². The Bertz CT molecular complexity index is 997. The third-order valence-electron chi connectivity index (χ3n) is 3.40. The maximum atomic E-state index is 13.0. The van der Waals surface area contributed by atoms with E-state index in [1.165, 1.54) is 18.2 Å². The molecule has 0 saturated heterocycles. The highest BCUT2D eigenvalue weighted by Crippen LogP contribution is 2.33. The van der Waals surface area contributed by atoms with E-state index >= 15 is 0 Å². The van der Waals surface area contributed by atoms with Gasteiger partial charge in [-0.1, -0.05) is 29.8 Å². The maximum Gasteiger partial charge on any atom is 0.209 e. The molecular formula is C15H12ClN3O3S. The van der Waals surface area contributed by atoms with E-state index in [1.54, 1.807) is 35.8 Å². The van der Waals surface area contributed by atoms with Crippen molar-refractivity contribution in [2.45, 2.75) is 9.79 Å². The first kappa shape index (κ1) is 15.5. The van der Waals surface area contributed by atoms with Crippen molar-refractivity contribution in [1.29, 1.82) is 5.41 Å². The number of hydrogen-bond donors (Lipinski definition) is 4. The molecule has 0 aliphatic carbocycles. The summed E-state index contributed by atoms with van der Waals surface area (Å²) in [7, 11) is -3.91. The van der Waals surface area contributed by atoms with E-state index in [1.807, 2.05) is 0 Å². The predicted molar refractivity (Wildman–Crippen MR) is 87.0 cm³/mol. The molecule has 0 fully saturated rings. The van der Waals surface area contributed by atoms with Crippen molar-refractivity contribution in [2.75, 3.05) is 0 Å². The lowest BCUT2D eigenvalue weighted by Gasteiger charge is -2.07. The van der Waals surface area contributed by atoms with Gasteiger partial charge in [0.05, 0.1) is 4.90 Å². The molecule has 23 heavy (non-hydrogen) atoms. The Morgan fingerprint density at radius 1 is 1.17 bits per heavy atom. The van der Waals surface area contributed by atoms with E-state index in [-0.39, 0.29) is 15.5 Å². The molecule has 0 bridgehead atoms. The SMILES string of the molecule is N=C(NO)c1[nH]c2ccc(Cl)cc2c1S(=O)(=O)c1ccccc1. The summed E-state index contributed by atoms with van der Waals surface area (Å²) in [5.41, 5.74) is 2.14. The second kappa shape index (κ2) is 5.69. The quantitative estimate of drug-likeness (QED) is 0.331. The number of benzene rings is 2. The number of hydroxylamine groups is 1. The van der Waals surface area contributed by atoms with Crippen molar-refractivity contribution < 1.29 is 13.6 Å². The molecule has 6 nitrogen and oxygen atoms in total. The summed E-state index contributed by atoms with van der Waals surface area (Å²) in [4.78, 5) is 2.82. The van der Waals surface area contributed by atoms with Crippen LogP contribution in [0.2, 0.25) is 5.02 Å². The number of halogens is 1. The van der Waals surface area contributed by atoms with Crippen molar-refractivity contribution in [3.8, 4) is 0 Å². The van der Waals surface area contributed by atoms with Gasteiger partial charge in [0, 0.05) is 15.9 Å². The van der Waals surface area contributed by atoms with Crippen LogP contribution in [0.1, 0.15) is 5.69 Å². The fourth-order valence-electron chi connectivity index (χ4n) is 2.37. The summed E-state index contributed by atoms with van der Waals surface area (Å²) in [6, 6.07) is 12.6. The molecule has 1 heterocycles. The van der Waals surface area contributed by atoms with Crippen LogP contribution in [-0.2, 0) is 9.84 Å². The first-order valence-electron chi connectivity index (χ1n) is 6.55. The van der Waals surface area contributed by atoms with E-state index < -0.39 is 15.7 Å². The lowest BCUT2D eigenvalue weighted by atomic mass is 10.2. The van der Waals surface area contributed by atoms with Crippen LogP contribution in [0, 0.1) is 5.41 Å². The largest absolute Gasteiger partial charge is 0.351 e. The van der Waals surface area contributed by atoms with Crippen LogP contribution in [-0.4, -0.2) is 24.4 Å². The molecule has 0 amide bonds. The molecule has 4 N–H and O–H groups in total. The molecule has 1 aromatic heterocycles. The number of fused-ring (bicyclic) bond motifs is 1. The van der Waals surface area contributed by atoms with Gasteiger partial charge in [0.15, 0.2) is 5.84 Å². The monoisotopic (exact) mass is 349 g/mol. The summed E-state index contributed by atoms with van der Waals surface area (Å²) in [6.45, 7) is 0. The van der Waals surface area contributed by atoms with Crippen LogP contribution in [0.25, 0.3) is 10.9 Å². The van der Waals surface area contributed by atoms with Gasteiger partial charge in [-0.2, -0.15) is 0 Å². The topological polar surface area (TPSA) is 106 Å². The molecule has 0 radical (unpaired) electrons. The molecule has 0 atom stereocenters. The third kappa shape index (κ3) is 2.59. The summed E-state index contributed by atoms with van der Waals surface area (Å²) < 4.78 is 26.0. The fraction of sp³-hybridized carbons (Fsp3) is 0. The molecule has 8 heteroatoms. The zero-order valence-electron chi connectivity index (χ0n) is 11.7. The molecule has 2 aromatic carbocycles. The number of aromatic amines is 1. The normalized spacial score (nSPS) is 11.6. The minimum absolute atomic E-state index is 0.0337. The highest BCUT2D eigenvalue weighted by Gasteiger charge is 2.28. The van der Waals surface area contributed by atoms with Crippen molar-refractivity contribution in [3.63, 3.8) is 0 Å². The van der Waals surface area contributed by atoms with Gasteiger partial charge in [0.25, 0.3) is 0 Å². The van der Waals surface area contributed by atoms with E-state index in [0.29, 0.717) is 15.9 Å². The van der Waals surface area contributed by atoms with Crippen LogP contribution >= 0.6 is 11.6 Å². The van der Waals surface area contributed by atoms with Gasteiger partial charge in [-0.3, -0.25) is 16.1 Å². The molecule has 0 unspecified atom stereocenters. The van der Waals surface area contributed by atoms with Crippen molar-refractivity contribution >= 4 is 38.2 Å². The van der Waals surface area contributed by atoms with Crippen LogP contribution in [0.4, 0.5) is 0 Å². The van der Waals surface area contributed by atoms with Crippen molar-refractivity contribution in [3.05, 3.63) is 59.2 Å². The Kier molecular flexibility index (Phi) is 3.85. The van der Waals surface area contributed by atoms with Crippen LogP contribution in [0.5, 0.6) is 0 Å². The Labute approximate surface area is 137 Å². The van der Waals surface area contributed by atoms with Gasteiger partial charge >= 0.3 is 0 Å². The standard InChI is InChI=1S/C15H12ClN3O3S/c16-9-6-7-12-11(8-9)14(13(18-12)15(17)19-20)23(21,22)10-4-2-1-3-5-10/h1-8,18,20H,(H2,17,19). The highest BCUT2D eigenvalue weighted by atomic mass is 35.5. The molecule has 3 rings (SSSR count). The lowest BCUT2D eigenvalue weighted by Crippen LogP contribution is -2.21. The van der Waals surface area contributed by atoms with Gasteiger partial charge in [0.2, 0.25) is 9.84 Å². The maximum absolute atomic E-state index is 13.0. The van der Waals surface area contributed by atoms with E-state index in [2.05, 4.69) is 4.98 Å².